The number of aryl methyl sites for hydroxylation is 1. The number of ether oxygens (including phenoxy) is 2. The Labute approximate surface area is 132 Å². The summed E-state index contributed by atoms with van der Waals surface area (Å²) in [5, 5.41) is 2.92. The minimum Gasteiger partial charge on any atom is -0.487 e. The Morgan fingerprint density at radius 2 is 2.18 bits per heavy atom. The number of nitrogens with one attached hydrogen (secondary N) is 1. The van der Waals surface area contributed by atoms with E-state index < -0.39 is 0 Å². The van der Waals surface area contributed by atoms with Crippen LogP contribution < -0.4 is 10.1 Å². The second kappa shape index (κ2) is 8.03. The first-order chi connectivity index (χ1) is 10.6. The number of carbonyl (C=O) groups excluding carboxylic acids is 1. The van der Waals surface area contributed by atoms with Crippen molar-refractivity contribution >= 4 is 6.03 Å². The van der Waals surface area contributed by atoms with Gasteiger partial charge in [0.25, 0.3) is 0 Å². The van der Waals surface area contributed by atoms with E-state index in [9.17, 15) is 4.79 Å². The molecule has 1 atom stereocenters. The van der Waals surface area contributed by atoms with Crippen LogP contribution in [0, 0.1) is 6.92 Å². The molecule has 0 saturated carbocycles. The first-order valence-electron chi connectivity index (χ1n) is 8.00. The van der Waals surface area contributed by atoms with Crippen molar-refractivity contribution in [2.24, 2.45) is 0 Å². The largest absolute Gasteiger partial charge is 0.487 e. The Balaban J connectivity index is 1.68. The maximum atomic E-state index is 12.0. The molecule has 22 heavy (non-hydrogen) atoms. The number of urea groups is 1. The highest BCUT2D eigenvalue weighted by molar-refractivity contribution is 5.75. The zero-order valence-corrected chi connectivity index (χ0v) is 13.7. The lowest BCUT2D eigenvalue weighted by Gasteiger charge is -2.39. The van der Waals surface area contributed by atoms with Gasteiger partial charge in [-0.1, -0.05) is 19.1 Å². The summed E-state index contributed by atoms with van der Waals surface area (Å²) >= 11 is 0. The van der Waals surface area contributed by atoms with Gasteiger partial charge in [-0.2, -0.15) is 0 Å². The summed E-state index contributed by atoms with van der Waals surface area (Å²) in [5.41, 5.74) is 1.17. The Morgan fingerprint density at radius 1 is 1.41 bits per heavy atom. The van der Waals surface area contributed by atoms with E-state index in [1.807, 2.05) is 38.1 Å². The normalized spacial score (nSPS) is 16.0. The van der Waals surface area contributed by atoms with Crippen molar-refractivity contribution in [3.63, 3.8) is 0 Å². The third kappa shape index (κ3) is 4.63. The minimum absolute atomic E-state index is 0.0396. The molecular formula is C17H26N2O3. The molecule has 1 heterocycles. The van der Waals surface area contributed by atoms with E-state index >= 15 is 0 Å². The molecule has 5 nitrogen and oxygen atoms in total. The van der Waals surface area contributed by atoms with Crippen molar-refractivity contribution in [1.82, 2.24) is 10.2 Å². The highest BCUT2D eigenvalue weighted by atomic mass is 16.5. The number of hydrogen-bond acceptors (Lipinski definition) is 3. The number of likely N-dealkylation sites (tertiary alicyclic amines) is 1. The standard InChI is InChI=1S/C17H26N2O3/c1-4-14(21-5-2)10-18-17(20)19-11-16(12-19)22-15-8-6-7-13(3)9-15/h6-9,14,16H,4-5,10-12H2,1-3H3,(H,18,20)/t14-/m0/s1. The van der Waals surface area contributed by atoms with Crippen molar-refractivity contribution < 1.29 is 14.3 Å². The SMILES string of the molecule is CCO[C@@H](CC)CNC(=O)N1CC(Oc2cccc(C)c2)C1. The highest BCUT2D eigenvalue weighted by Gasteiger charge is 2.32. The third-order valence-corrected chi connectivity index (χ3v) is 3.77. The van der Waals surface area contributed by atoms with E-state index in [0.717, 1.165) is 12.2 Å². The predicted molar refractivity (Wildman–Crippen MR) is 86.3 cm³/mol. The van der Waals surface area contributed by atoms with Gasteiger partial charge in [-0.3, -0.25) is 0 Å². The average Bonchev–Trinajstić information content (AvgIpc) is 2.46. The molecule has 1 fully saturated rings. The fourth-order valence-corrected chi connectivity index (χ4v) is 2.43. The second-order valence-corrected chi connectivity index (χ2v) is 5.63. The smallest absolute Gasteiger partial charge is 0.317 e. The first-order valence-corrected chi connectivity index (χ1v) is 8.00. The number of carbonyl (C=O) groups is 1. The number of amides is 2. The maximum Gasteiger partial charge on any atom is 0.317 e. The molecule has 1 aliphatic heterocycles. The summed E-state index contributed by atoms with van der Waals surface area (Å²) in [5.74, 6) is 0.868. The molecule has 2 amide bonds. The molecule has 5 heteroatoms. The Bertz CT molecular complexity index is 487. The van der Waals surface area contributed by atoms with Gasteiger partial charge in [-0.05, 0) is 38.0 Å². The second-order valence-electron chi connectivity index (χ2n) is 5.63. The van der Waals surface area contributed by atoms with Crippen LogP contribution in [0.3, 0.4) is 0 Å². The van der Waals surface area contributed by atoms with Crippen LogP contribution in [-0.2, 0) is 4.74 Å². The molecule has 122 valence electrons. The van der Waals surface area contributed by atoms with Crippen molar-refractivity contribution in [2.75, 3.05) is 26.2 Å². The zero-order chi connectivity index (χ0) is 15.9. The summed E-state index contributed by atoms with van der Waals surface area (Å²) in [4.78, 5) is 13.8. The monoisotopic (exact) mass is 306 g/mol. The molecule has 1 saturated heterocycles. The quantitative estimate of drug-likeness (QED) is 0.842. The summed E-state index contributed by atoms with van der Waals surface area (Å²) in [6.45, 7) is 8.55. The van der Waals surface area contributed by atoms with E-state index in [0.29, 0.717) is 26.2 Å². The lowest BCUT2D eigenvalue weighted by molar-refractivity contribution is 0.0374. The van der Waals surface area contributed by atoms with Gasteiger partial charge in [-0.15, -0.1) is 0 Å². The van der Waals surface area contributed by atoms with E-state index in [2.05, 4.69) is 12.2 Å². The highest BCUT2D eigenvalue weighted by Crippen LogP contribution is 2.19. The minimum atomic E-state index is -0.0396. The summed E-state index contributed by atoms with van der Waals surface area (Å²) in [6.07, 6.45) is 1.07. The Hall–Kier alpha value is -1.75. The number of rotatable bonds is 7. The molecular weight excluding hydrogens is 280 g/mol. The molecule has 1 aromatic carbocycles. The number of hydrogen-bond donors (Lipinski definition) is 1. The van der Waals surface area contributed by atoms with Crippen molar-refractivity contribution in [3.05, 3.63) is 29.8 Å². The van der Waals surface area contributed by atoms with Gasteiger partial charge in [0.2, 0.25) is 0 Å². The Morgan fingerprint density at radius 3 is 2.82 bits per heavy atom. The van der Waals surface area contributed by atoms with Gasteiger partial charge in [0, 0.05) is 13.2 Å². The van der Waals surface area contributed by atoms with Crippen LogP contribution in [0.4, 0.5) is 4.79 Å². The van der Waals surface area contributed by atoms with Crippen LogP contribution in [0.15, 0.2) is 24.3 Å². The van der Waals surface area contributed by atoms with Gasteiger partial charge in [0.05, 0.1) is 19.2 Å². The molecule has 1 aliphatic rings. The summed E-state index contributed by atoms with van der Waals surface area (Å²) in [7, 11) is 0. The van der Waals surface area contributed by atoms with E-state index in [-0.39, 0.29) is 18.2 Å². The molecule has 0 aliphatic carbocycles. The van der Waals surface area contributed by atoms with Crippen molar-refractivity contribution in [3.8, 4) is 5.75 Å². The first kappa shape index (κ1) is 16.6. The van der Waals surface area contributed by atoms with Crippen LogP contribution >= 0.6 is 0 Å². The van der Waals surface area contributed by atoms with Crippen LogP contribution in [-0.4, -0.2) is 49.4 Å². The van der Waals surface area contributed by atoms with Crippen LogP contribution in [0.25, 0.3) is 0 Å². The topological polar surface area (TPSA) is 50.8 Å². The van der Waals surface area contributed by atoms with Crippen molar-refractivity contribution in [1.29, 1.82) is 0 Å². The maximum absolute atomic E-state index is 12.0. The molecule has 0 bridgehead atoms. The van der Waals surface area contributed by atoms with Gasteiger partial charge in [0.15, 0.2) is 0 Å². The molecule has 0 unspecified atom stereocenters. The van der Waals surface area contributed by atoms with E-state index in [1.54, 1.807) is 4.90 Å². The van der Waals surface area contributed by atoms with E-state index in [4.69, 9.17) is 9.47 Å². The fourth-order valence-electron chi connectivity index (χ4n) is 2.43. The zero-order valence-electron chi connectivity index (χ0n) is 13.7. The number of nitrogens with zero attached hydrogens (tertiary/aromatic N) is 1. The lowest BCUT2D eigenvalue weighted by atomic mass is 10.1. The Kier molecular flexibility index (Phi) is 6.07. The average molecular weight is 306 g/mol. The summed E-state index contributed by atoms with van der Waals surface area (Å²) < 4.78 is 11.4. The van der Waals surface area contributed by atoms with Gasteiger partial charge in [0.1, 0.15) is 11.9 Å². The van der Waals surface area contributed by atoms with Crippen LogP contribution in [0.2, 0.25) is 0 Å². The molecule has 0 radical (unpaired) electrons. The van der Waals surface area contributed by atoms with E-state index in [1.165, 1.54) is 5.56 Å². The van der Waals surface area contributed by atoms with Gasteiger partial charge >= 0.3 is 6.03 Å². The molecule has 0 spiro atoms. The number of benzene rings is 1. The molecule has 1 N–H and O–H groups in total. The van der Waals surface area contributed by atoms with Crippen LogP contribution in [0.5, 0.6) is 5.75 Å². The summed E-state index contributed by atoms with van der Waals surface area (Å²) in [6, 6.07) is 7.94. The molecule has 2 rings (SSSR count). The van der Waals surface area contributed by atoms with Gasteiger partial charge in [-0.25, -0.2) is 4.79 Å². The fraction of sp³-hybridized carbons (Fsp3) is 0.588. The lowest BCUT2D eigenvalue weighted by Crippen LogP contribution is -2.59. The molecule has 1 aromatic rings. The third-order valence-electron chi connectivity index (χ3n) is 3.77. The van der Waals surface area contributed by atoms with Crippen LogP contribution in [0.1, 0.15) is 25.8 Å². The predicted octanol–water partition coefficient (Wildman–Crippen LogP) is 2.58. The van der Waals surface area contributed by atoms with Gasteiger partial charge < -0.3 is 19.7 Å². The molecule has 0 aromatic heterocycles. The van der Waals surface area contributed by atoms with Crippen molar-refractivity contribution in [2.45, 2.75) is 39.4 Å².